The Balaban J connectivity index is 1.30. The van der Waals surface area contributed by atoms with E-state index in [1.165, 1.54) is 35.5 Å². The highest BCUT2D eigenvalue weighted by Gasteiger charge is 2.55. The average Bonchev–Trinajstić information content (AvgIpc) is 3.80. The molecule has 0 spiro atoms. The minimum atomic E-state index is -1.58. The monoisotopic (exact) mass is 701 g/mol. The molecular formula is C26H27N11O7S3. The first-order chi connectivity index (χ1) is 22.4. The molecule has 5 heterocycles. The largest absolute Gasteiger partial charge is 0.477 e. The number of aromatic nitrogens is 5. The second-order valence-electron chi connectivity index (χ2n) is 11.0. The van der Waals surface area contributed by atoms with Crippen LogP contribution < -0.4 is 22.3 Å². The number of carboxylic acid groups (broad SMARTS) is 1. The number of hydrogen-bond acceptors (Lipinski definition) is 16. The number of rotatable bonds is 10. The molecule has 3 aromatic heterocycles. The number of anilines is 1. The third kappa shape index (κ3) is 5.58. The van der Waals surface area contributed by atoms with Gasteiger partial charge in [0.2, 0.25) is 5.60 Å². The predicted octanol–water partition coefficient (Wildman–Crippen LogP) is -1.21. The minimum absolute atomic E-state index is 0.0290. The van der Waals surface area contributed by atoms with E-state index in [-0.39, 0.29) is 50.0 Å². The Morgan fingerprint density at radius 3 is 2.68 bits per heavy atom. The fourth-order valence-corrected chi connectivity index (χ4v) is 7.72. The average molecular weight is 702 g/mol. The van der Waals surface area contributed by atoms with Crippen LogP contribution in [-0.4, -0.2) is 96.7 Å². The number of aryl methyl sites for hydroxylation is 1. The van der Waals surface area contributed by atoms with Crippen LogP contribution in [0.5, 0.6) is 0 Å². The van der Waals surface area contributed by atoms with Gasteiger partial charge in [-0.3, -0.25) is 24.7 Å². The standard InChI is InChI=1S/C26H27N11O7S3/c1-26(2,23(43)33-28)44-35-14(12-8-47-24(27)29-12)19(39)32-15-20(40)36-17(22(41)42)10(7-46-21(15)36)18(45)16-9-4-3-5-11(9)30-25-31-13(6-38)34-37(16)25/h8,15,21,38H,3-7,28H2,1-2H3,(H2,27,29)(H,32,39)(H,33,43)(H,41,42)/t15?,21-/m0/s1. The maximum atomic E-state index is 13.5. The number of fused-ring (bicyclic) bond motifs is 3. The summed E-state index contributed by atoms with van der Waals surface area (Å²) in [6.07, 6.45) is 2.13. The molecular weight excluding hydrogens is 675 g/mol. The summed E-state index contributed by atoms with van der Waals surface area (Å²) in [5, 5.41) is 31.5. The molecule has 1 saturated heterocycles. The molecule has 47 heavy (non-hydrogen) atoms. The summed E-state index contributed by atoms with van der Waals surface area (Å²) >= 11 is 8.12. The molecule has 2 atom stereocenters. The second-order valence-corrected chi connectivity index (χ2v) is 13.4. The number of nitrogens with one attached hydrogen (secondary N) is 2. The number of hydrazine groups is 1. The van der Waals surface area contributed by atoms with Gasteiger partial charge in [-0.05, 0) is 33.1 Å². The van der Waals surface area contributed by atoms with E-state index in [9.17, 15) is 29.4 Å². The lowest BCUT2D eigenvalue weighted by molar-refractivity contribution is -0.150. The van der Waals surface area contributed by atoms with Crippen molar-refractivity contribution in [3.8, 4) is 0 Å². The molecule has 21 heteroatoms. The van der Waals surface area contributed by atoms with Crippen LogP contribution in [0.3, 0.4) is 0 Å². The molecule has 0 saturated carbocycles. The van der Waals surface area contributed by atoms with E-state index in [1.54, 1.807) is 0 Å². The molecule has 18 nitrogen and oxygen atoms in total. The smallest absolute Gasteiger partial charge is 0.353 e. The normalized spacial score (nSPS) is 19.3. The van der Waals surface area contributed by atoms with E-state index in [0.717, 1.165) is 33.9 Å². The number of hydrogen-bond donors (Lipinski definition) is 6. The van der Waals surface area contributed by atoms with E-state index in [2.05, 4.69) is 30.5 Å². The number of nitrogens with two attached hydrogens (primary N) is 2. The molecule has 1 unspecified atom stereocenters. The molecule has 8 N–H and O–H groups in total. The highest BCUT2D eigenvalue weighted by atomic mass is 32.2. The van der Waals surface area contributed by atoms with Crippen molar-refractivity contribution in [1.82, 2.24) is 40.2 Å². The number of β-lactam (4-membered cyclic amide) rings is 1. The molecule has 2 aliphatic heterocycles. The summed E-state index contributed by atoms with van der Waals surface area (Å²) in [5.41, 5.74) is 7.72. The van der Waals surface area contributed by atoms with Gasteiger partial charge in [-0.15, -0.1) is 28.2 Å². The first-order valence-corrected chi connectivity index (χ1v) is 16.3. The summed E-state index contributed by atoms with van der Waals surface area (Å²) in [4.78, 5) is 71.2. The minimum Gasteiger partial charge on any atom is -0.477 e. The van der Waals surface area contributed by atoms with Crippen molar-refractivity contribution in [2.75, 3.05) is 11.5 Å². The van der Waals surface area contributed by atoms with Crippen LogP contribution in [0, 0.1) is 0 Å². The number of aliphatic carboxylic acids is 1. The summed E-state index contributed by atoms with van der Waals surface area (Å²) in [6, 6.07) is -1.14. The molecule has 1 fully saturated rings. The Bertz CT molecular complexity index is 1940. The van der Waals surface area contributed by atoms with Crippen molar-refractivity contribution in [2.45, 2.75) is 56.7 Å². The van der Waals surface area contributed by atoms with Crippen LogP contribution in [0.1, 0.15) is 48.7 Å². The van der Waals surface area contributed by atoms with Crippen molar-refractivity contribution >= 4 is 80.5 Å². The van der Waals surface area contributed by atoms with E-state index < -0.39 is 47.3 Å². The van der Waals surface area contributed by atoms with Crippen molar-refractivity contribution in [3.05, 3.63) is 45.1 Å². The zero-order chi connectivity index (χ0) is 33.8. The Labute approximate surface area is 278 Å². The SMILES string of the molecule is CC(C)(ON=C(C(=O)NC1C(=O)N2C(C(=O)O)=C(C(=S)c3c4c(nc5nc(CO)nn35)CCC4)CS[C@@H]12)c1csc(N)n1)C(=O)NN. The Hall–Kier alpha value is -4.57. The fraction of sp³-hybridized carbons (Fsp3) is 0.385. The van der Waals surface area contributed by atoms with Gasteiger partial charge in [0.25, 0.3) is 23.5 Å². The summed E-state index contributed by atoms with van der Waals surface area (Å²) in [6.45, 7) is 2.32. The van der Waals surface area contributed by atoms with Crippen LogP contribution in [0.25, 0.3) is 5.78 Å². The van der Waals surface area contributed by atoms with Crippen LogP contribution >= 0.6 is 35.3 Å². The Morgan fingerprint density at radius 1 is 1.26 bits per heavy atom. The summed E-state index contributed by atoms with van der Waals surface area (Å²) in [7, 11) is 0. The number of aliphatic hydroxyl groups is 1. The molecule has 0 bridgehead atoms. The van der Waals surface area contributed by atoms with E-state index in [0.29, 0.717) is 18.5 Å². The topological polar surface area (TPSA) is 266 Å². The molecule has 246 valence electrons. The van der Waals surface area contributed by atoms with E-state index in [4.69, 9.17) is 28.6 Å². The zero-order valence-corrected chi connectivity index (χ0v) is 27.2. The van der Waals surface area contributed by atoms with Gasteiger partial charge in [0.05, 0.1) is 10.6 Å². The molecule has 6 rings (SSSR count). The summed E-state index contributed by atoms with van der Waals surface area (Å²) in [5.74, 6) is 1.99. The Morgan fingerprint density at radius 2 is 2.02 bits per heavy atom. The first kappa shape index (κ1) is 32.4. The van der Waals surface area contributed by atoms with Gasteiger partial charge in [0.15, 0.2) is 16.7 Å². The lowest BCUT2D eigenvalue weighted by atomic mass is 9.98. The zero-order valence-electron chi connectivity index (χ0n) is 24.7. The van der Waals surface area contributed by atoms with E-state index in [1.807, 2.05) is 5.43 Å². The van der Waals surface area contributed by atoms with Gasteiger partial charge in [0.1, 0.15) is 29.4 Å². The number of nitrogens with zero attached hydrogens (tertiary/aromatic N) is 7. The van der Waals surface area contributed by atoms with Crippen LogP contribution in [0.4, 0.5) is 5.13 Å². The Kier molecular flexibility index (Phi) is 8.42. The lowest BCUT2D eigenvalue weighted by Crippen LogP contribution is -2.71. The lowest BCUT2D eigenvalue weighted by Gasteiger charge is -2.49. The maximum Gasteiger partial charge on any atom is 0.353 e. The predicted molar refractivity (Wildman–Crippen MR) is 171 cm³/mol. The number of nitrogen functional groups attached to an aromatic ring is 1. The number of carboxylic acids is 1. The quantitative estimate of drug-likeness (QED) is 0.0275. The van der Waals surface area contributed by atoms with Crippen molar-refractivity contribution in [1.29, 1.82) is 0 Å². The third-order valence-electron chi connectivity index (χ3n) is 7.67. The number of thiazole rings is 1. The molecule has 1 aliphatic carbocycles. The van der Waals surface area contributed by atoms with Gasteiger partial charge in [-0.2, -0.15) is 9.50 Å². The highest BCUT2D eigenvalue weighted by Crippen LogP contribution is 2.42. The van der Waals surface area contributed by atoms with Gasteiger partial charge >= 0.3 is 5.97 Å². The van der Waals surface area contributed by atoms with Gasteiger partial charge in [0, 0.05) is 28.0 Å². The number of carbonyl (C=O) groups excluding carboxylic acids is 3. The number of amides is 3. The first-order valence-electron chi connectivity index (χ1n) is 14.0. The number of aliphatic hydroxyl groups excluding tert-OH is 1. The molecule has 0 radical (unpaired) electrons. The van der Waals surface area contributed by atoms with Crippen LogP contribution in [0.2, 0.25) is 0 Å². The number of thiocarbonyl (C=S) groups is 1. The molecule has 3 amide bonds. The maximum absolute atomic E-state index is 13.5. The van der Waals surface area contributed by atoms with Crippen molar-refractivity contribution in [3.63, 3.8) is 0 Å². The van der Waals surface area contributed by atoms with Crippen molar-refractivity contribution in [2.24, 2.45) is 11.0 Å². The number of oxime groups is 1. The van der Waals surface area contributed by atoms with Gasteiger partial charge < -0.3 is 26.1 Å². The van der Waals surface area contributed by atoms with E-state index >= 15 is 0 Å². The molecule has 0 aromatic carbocycles. The van der Waals surface area contributed by atoms with Gasteiger partial charge in [-0.1, -0.05) is 17.4 Å². The molecule has 3 aliphatic rings. The number of thioether (sulfide) groups is 1. The van der Waals surface area contributed by atoms with Crippen LogP contribution in [-0.2, 0) is 43.5 Å². The third-order valence-corrected chi connectivity index (χ3v) is 10.1. The fourth-order valence-electron chi connectivity index (χ4n) is 5.34. The number of carbonyl (C=O) groups is 4. The summed E-state index contributed by atoms with van der Waals surface area (Å²) < 4.78 is 1.41. The van der Waals surface area contributed by atoms with Gasteiger partial charge in [-0.25, -0.2) is 20.6 Å². The highest BCUT2D eigenvalue weighted by molar-refractivity contribution is 8.00. The molecule has 3 aromatic rings. The second kappa shape index (κ2) is 12.2. The van der Waals surface area contributed by atoms with Crippen molar-refractivity contribution < 1.29 is 34.2 Å². The van der Waals surface area contributed by atoms with Crippen LogP contribution in [0.15, 0.2) is 21.8 Å².